The van der Waals surface area contributed by atoms with E-state index in [1.54, 1.807) is 23.1 Å². The van der Waals surface area contributed by atoms with Crippen LogP contribution in [0.1, 0.15) is 10.6 Å². The molecule has 6 nitrogen and oxygen atoms in total. The average molecular weight is 457 g/mol. The van der Waals surface area contributed by atoms with Crippen molar-refractivity contribution in [2.45, 2.75) is 17.5 Å². The topological polar surface area (TPSA) is 68.5 Å². The van der Waals surface area contributed by atoms with Crippen molar-refractivity contribution in [2.24, 2.45) is 0 Å². The van der Waals surface area contributed by atoms with Gasteiger partial charge in [0.15, 0.2) is 11.0 Å². The zero-order valence-corrected chi connectivity index (χ0v) is 18.8. The first-order valence-corrected chi connectivity index (χ1v) is 12.0. The van der Waals surface area contributed by atoms with Crippen LogP contribution in [0.4, 0.5) is 5.13 Å². The number of benzene rings is 3. The van der Waals surface area contributed by atoms with Gasteiger partial charge in [-0.3, -0.25) is 4.57 Å². The minimum Gasteiger partial charge on any atom is -0.356 e. The second-order valence-electron chi connectivity index (χ2n) is 6.97. The molecule has 0 radical (unpaired) electrons. The molecule has 158 valence electrons. The van der Waals surface area contributed by atoms with Crippen LogP contribution in [0.3, 0.4) is 0 Å². The van der Waals surface area contributed by atoms with Crippen molar-refractivity contribution in [3.63, 3.8) is 0 Å². The standard InChI is InChI=1S/C24H20N6S2/c1-4-10-18(11-5-1)16-25-23-28-26-21(32-23)17-31-24-29-27-22(19-12-6-2-7-13-19)30(24)20-14-8-3-9-15-20/h1-15H,16-17H2,(H,25,28). The largest absolute Gasteiger partial charge is 0.356 e. The summed E-state index contributed by atoms with van der Waals surface area (Å²) in [5.41, 5.74) is 3.27. The fourth-order valence-corrected chi connectivity index (χ4v) is 4.90. The minimum atomic E-state index is 0.671. The van der Waals surface area contributed by atoms with Crippen LogP contribution in [0.5, 0.6) is 0 Å². The van der Waals surface area contributed by atoms with Crippen LogP contribution in [0.25, 0.3) is 17.1 Å². The Morgan fingerprint density at radius 3 is 2.19 bits per heavy atom. The highest BCUT2D eigenvalue weighted by Gasteiger charge is 2.17. The Hall–Kier alpha value is -3.49. The van der Waals surface area contributed by atoms with E-state index >= 15 is 0 Å². The van der Waals surface area contributed by atoms with E-state index in [0.29, 0.717) is 5.75 Å². The first-order valence-electron chi connectivity index (χ1n) is 10.2. The number of para-hydroxylation sites is 1. The summed E-state index contributed by atoms with van der Waals surface area (Å²) >= 11 is 3.17. The van der Waals surface area contributed by atoms with Gasteiger partial charge < -0.3 is 5.32 Å². The SMILES string of the molecule is c1ccc(CNc2nnc(CSc3nnc(-c4ccccc4)n3-c3ccccc3)s2)cc1. The predicted octanol–water partition coefficient (Wildman–Crippen LogP) is 5.69. The Balaban J connectivity index is 1.33. The van der Waals surface area contributed by atoms with E-state index in [2.05, 4.69) is 54.5 Å². The normalized spacial score (nSPS) is 10.9. The van der Waals surface area contributed by atoms with Gasteiger partial charge in [0.05, 0.1) is 5.75 Å². The molecule has 5 aromatic rings. The fourth-order valence-electron chi connectivity index (χ4n) is 3.23. The monoisotopic (exact) mass is 456 g/mol. The third-order valence-corrected chi connectivity index (χ3v) is 6.76. The molecule has 0 amide bonds. The number of rotatable bonds is 8. The maximum atomic E-state index is 4.49. The summed E-state index contributed by atoms with van der Waals surface area (Å²) in [5, 5.41) is 23.5. The van der Waals surface area contributed by atoms with Crippen LogP contribution in [-0.2, 0) is 12.3 Å². The highest BCUT2D eigenvalue weighted by molar-refractivity contribution is 7.98. The molecule has 0 aliphatic heterocycles. The van der Waals surface area contributed by atoms with E-state index in [9.17, 15) is 0 Å². The van der Waals surface area contributed by atoms with Crippen molar-refractivity contribution in [1.82, 2.24) is 25.0 Å². The molecule has 0 unspecified atom stereocenters. The van der Waals surface area contributed by atoms with E-state index in [1.807, 2.05) is 66.7 Å². The molecule has 0 aliphatic carbocycles. The molecule has 0 fully saturated rings. The summed E-state index contributed by atoms with van der Waals surface area (Å²) in [6, 6.07) is 30.6. The molecule has 0 saturated heterocycles. The predicted molar refractivity (Wildman–Crippen MR) is 130 cm³/mol. The first-order chi connectivity index (χ1) is 15.9. The van der Waals surface area contributed by atoms with Crippen molar-refractivity contribution in [2.75, 3.05) is 5.32 Å². The highest BCUT2D eigenvalue weighted by Crippen LogP contribution is 2.30. The summed E-state index contributed by atoms with van der Waals surface area (Å²) in [5.74, 6) is 1.49. The van der Waals surface area contributed by atoms with Gasteiger partial charge in [-0.15, -0.1) is 20.4 Å². The van der Waals surface area contributed by atoms with E-state index in [0.717, 1.165) is 38.9 Å². The molecule has 8 heteroatoms. The summed E-state index contributed by atoms with van der Waals surface area (Å²) < 4.78 is 2.09. The molecule has 32 heavy (non-hydrogen) atoms. The number of hydrogen-bond donors (Lipinski definition) is 1. The lowest BCUT2D eigenvalue weighted by atomic mass is 10.2. The Labute approximate surface area is 194 Å². The van der Waals surface area contributed by atoms with Crippen molar-refractivity contribution in [3.05, 3.63) is 102 Å². The average Bonchev–Trinajstić information content (AvgIpc) is 3.50. The number of aromatic nitrogens is 5. The lowest BCUT2D eigenvalue weighted by molar-refractivity contribution is 0.885. The van der Waals surface area contributed by atoms with Gasteiger partial charge in [-0.1, -0.05) is 102 Å². The third-order valence-electron chi connectivity index (χ3n) is 4.76. The lowest BCUT2D eigenvalue weighted by Gasteiger charge is -2.09. The van der Waals surface area contributed by atoms with Crippen LogP contribution in [0, 0.1) is 0 Å². The van der Waals surface area contributed by atoms with Crippen LogP contribution in [0.15, 0.2) is 96.2 Å². The third kappa shape index (κ3) is 4.71. The van der Waals surface area contributed by atoms with Gasteiger partial charge in [-0.2, -0.15) is 0 Å². The van der Waals surface area contributed by atoms with Crippen LogP contribution in [0.2, 0.25) is 0 Å². The summed E-state index contributed by atoms with van der Waals surface area (Å²) in [4.78, 5) is 0. The molecule has 0 bridgehead atoms. The van der Waals surface area contributed by atoms with Gasteiger partial charge in [0.2, 0.25) is 5.13 Å². The Kier molecular flexibility index (Phi) is 6.23. The molecule has 1 N–H and O–H groups in total. The highest BCUT2D eigenvalue weighted by atomic mass is 32.2. The Bertz CT molecular complexity index is 1270. The number of anilines is 1. The second-order valence-corrected chi connectivity index (χ2v) is 8.98. The molecule has 0 saturated carbocycles. The second kappa shape index (κ2) is 9.76. The van der Waals surface area contributed by atoms with Gasteiger partial charge in [0.25, 0.3) is 0 Å². The summed E-state index contributed by atoms with van der Waals surface area (Å²) in [7, 11) is 0. The summed E-state index contributed by atoms with van der Waals surface area (Å²) in [6.07, 6.45) is 0. The number of nitrogens with one attached hydrogen (secondary N) is 1. The van der Waals surface area contributed by atoms with Crippen molar-refractivity contribution < 1.29 is 0 Å². The van der Waals surface area contributed by atoms with Crippen molar-refractivity contribution in [3.8, 4) is 17.1 Å². The fraction of sp³-hybridized carbons (Fsp3) is 0.0833. The molecule has 3 aromatic carbocycles. The van der Waals surface area contributed by atoms with E-state index in [4.69, 9.17) is 0 Å². The molecule has 2 heterocycles. The van der Waals surface area contributed by atoms with E-state index in [1.165, 1.54) is 5.56 Å². The molecular formula is C24H20N6S2. The quantitative estimate of drug-likeness (QED) is 0.303. The summed E-state index contributed by atoms with van der Waals surface area (Å²) in [6.45, 7) is 0.728. The van der Waals surface area contributed by atoms with E-state index < -0.39 is 0 Å². The zero-order chi connectivity index (χ0) is 21.6. The van der Waals surface area contributed by atoms with E-state index in [-0.39, 0.29) is 0 Å². The zero-order valence-electron chi connectivity index (χ0n) is 17.1. The first kappa shape index (κ1) is 20.4. The maximum absolute atomic E-state index is 4.49. The Morgan fingerprint density at radius 2 is 1.44 bits per heavy atom. The molecule has 5 rings (SSSR count). The van der Waals surface area contributed by atoms with Gasteiger partial charge in [0, 0.05) is 17.8 Å². The lowest BCUT2D eigenvalue weighted by Crippen LogP contribution is -1.99. The minimum absolute atomic E-state index is 0.671. The molecule has 2 aromatic heterocycles. The van der Waals surface area contributed by atoms with Crippen molar-refractivity contribution >= 4 is 28.2 Å². The molecule has 0 aliphatic rings. The van der Waals surface area contributed by atoms with Gasteiger partial charge in [0.1, 0.15) is 5.01 Å². The van der Waals surface area contributed by atoms with Crippen LogP contribution >= 0.6 is 23.1 Å². The van der Waals surface area contributed by atoms with Crippen molar-refractivity contribution in [1.29, 1.82) is 0 Å². The van der Waals surface area contributed by atoms with Gasteiger partial charge in [-0.25, -0.2) is 0 Å². The molecule has 0 spiro atoms. The smallest absolute Gasteiger partial charge is 0.205 e. The van der Waals surface area contributed by atoms with Crippen LogP contribution in [-0.4, -0.2) is 25.0 Å². The number of nitrogens with zero attached hydrogens (tertiary/aromatic N) is 5. The Morgan fingerprint density at radius 1 is 0.750 bits per heavy atom. The number of thioether (sulfide) groups is 1. The number of hydrogen-bond acceptors (Lipinski definition) is 7. The van der Waals surface area contributed by atoms with Gasteiger partial charge >= 0.3 is 0 Å². The maximum Gasteiger partial charge on any atom is 0.205 e. The molecule has 0 atom stereocenters. The van der Waals surface area contributed by atoms with Gasteiger partial charge in [-0.05, 0) is 17.7 Å². The molecular weight excluding hydrogens is 436 g/mol. The van der Waals surface area contributed by atoms with Crippen LogP contribution < -0.4 is 5.32 Å².